The molecule has 0 spiro atoms. The van der Waals surface area contributed by atoms with Gasteiger partial charge in [0.25, 0.3) is 0 Å². The average molecular weight is 461 g/mol. The summed E-state index contributed by atoms with van der Waals surface area (Å²) in [5.74, 6) is 0.776. The molecule has 0 unspecified atom stereocenters. The van der Waals surface area contributed by atoms with Crippen LogP contribution in [0.2, 0.25) is 0 Å². The van der Waals surface area contributed by atoms with Gasteiger partial charge in [0.15, 0.2) is 0 Å². The topological polar surface area (TPSA) is 72.8 Å². The third-order valence-corrected chi connectivity index (χ3v) is 7.35. The Kier molecular flexibility index (Phi) is 9.69. The van der Waals surface area contributed by atoms with E-state index >= 15 is 0 Å². The SMILES string of the molecule is CCC(C)(C)C(=O)O[C@H]1C[C@@H](C)C=C2C=C[C@H](C)[C@H](CC[C@@H]3C[C@@H](O)CC(=O)O3)[C@H]21.[CaH2]. The van der Waals surface area contributed by atoms with Gasteiger partial charge in [-0.1, -0.05) is 39.0 Å². The van der Waals surface area contributed by atoms with Crippen molar-refractivity contribution >= 4 is 49.7 Å². The number of aliphatic hydroxyl groups is 1. The van der Waals surface area contributed by atoms with Crippen LogP contribution in [0.15, 0.2) is 23.8 Å². The Morgan fingerprint density at radius 2 is 1.97 bits per heavy atom. The Balaban J connectivity index is 0.00000341. The van der Waals surface area contributed by atoms with E-state index in [1.165, 1.54) is 5.57 Å². The van der Waals surface area contributed by atoms with Crippen molar-refractivity contribution < 1.29 is 24.2 Å². The van der Waals surface area contributed by atoms with Gasteiger partial charge in [0, 0.05) is 12.3 Å². The molecule has 3 aliphatic rings. The molecule has 31 heavy (non-hydrogen) atoms. The molecular weight excluding hydrogens is 420 g/mol. The van der Waals surface area contributed by atoms with Crippen LogP contribution in [0.25, 0.3) is 0 Å². The van der Waals surface area contributed by atoms with E-state index in [9.17, 15) is 14.7 Å². The second-order valence-corrected chi connectivity index (χ2v) is 10.3. The third kappa shape index (κ3) is 6.59. The number of esters is 2. The van der Waals surface area contributed by atoms with Crippen molar-refractivity contribution in [1.82, 2.24) is 0 Å². The van der Waals surface area contributed by atoms with Gasteiger partial charge in [0.2, 0.25) is 0 Å². The van der Waals surface area contributed by atoms with Crippen LogP contribution in [-0.4, -0.2) is 73.1 Å². The quantitative estimate of drug-likeness (QED) is 0.484. The van der Waals surface area contributed by atoms with Crippen molar-refractivity contribution in [2.45, 2.75) is 91.5 Å². The molecule has 0 aromatic carbocycles. The molecule has 6 heteroatoms. The van der Waals surface area contributed by atoms with Crippen molar-refractivity contribution in [3.05, 3.63) is 23.8 Å². The summed E-state index contributed by atoms with van der Waals surface area (Å²) in [5, 5.41) is 9.92. The molecule has 0 aromatic heterocycles. The fourth-order valence-electron chi connectivity index (χ4n) is 5.08. The summed E-state index contributed by atoms with van der Waals surface area (Å²) in [7, 11) is 0. The predicted octanol–water partition coefficient (Wildman–Crippen LogP) is 3.67. The summed E-state index contributed by atoms with van der Waals surface area (Å²) in [5.41, 5.74) is 0.785. The summed E-state index contributed by atoms with van der Waals surface area (Å²) >= 11 is 0. The molecule has 0 aromatic rings. The monoisotopic (exact) mass is 460 g/mol. The molecule has 7 atom stereocenters. The minimum absolute atomic E-state index is 0. The standard InChI is InChI=1S/C25H38O5.Ca.2H/c1-6-25(4,5)24(28)30-21-12-15(2)11-17-8-7-16(3)20(23(17)21)10-9-19-13-18(26)14-22(27)29-19;;;/h7-8,11,15-16,18-21,23,26H,6,9-10,12-14H2,1-5H3;;;/t15-,16-,18+,19+,20-,21-,23-;;;/m0.../s1. The summed E-state index contributed by atoms with van der Waals surface area (Å²) in [6.45, 7) is 10.3. The van der Waals surface area contributed by atoms with Crippen LogP contribution in [0.4, 0.5) is 0 Å². The zero-order valence-corrected chi connectivity index (χ0v) is 19.1. The van der Waals surface area contributed by atoms with Crippen molar-refractivity contribution in [2.75, 3.05) is 0 Å². The second kappa shape index (κ2) is 11.2. The number of cyclic esters (lactones) is 1. The summed E-state index contributed by atoms with van der Waals surface area (Å²) in [4.78, 5) is 24.6. The maximum absolute atomic E-state index is 12.9. The number of ether oxygens (including phenoxy) is 2. The van der Waals surface area contributed by atoms with Gasteiger partial charge in [-0.3, -0.25) is 9.59 Å². The molecule has 1 fully saturated rings. The number of fused-ring (bicyclic) bond motifs is 1. The molecule has 2 aliphatic carbocycles. The van der Waals surface area contributed by atoms with Crippen LogP contribution in [0, 0.1) is 29.1 Å². The molecule has 5 nitrogen and oxygen atoms in total. The molecule has 0 saturated carbocycles. The molecule has 3 rings (SSSR count). The van der Waals surface area contributed by atoms with Crippen molar-refractivity contribution in [2.24, 2.45) is 29.1 Å². The van der Waals surface area contributed by atoms with Gasteiger partial charge in [0.1, 0.15) is 12.2 Å². The predicted molar refractivity (Wildman–Crippen MR) is 124 cm³/mol. The fraction of sp³-hybridized carbons (Fsp3) is 0.760. The van der Waals surface area contributed by atoms with Crippen LogP contribution in [0.3, 0.4) is 0 Å². The molecule has 1 N–H and O–H groups in total. The van der Waals surface area contributed by atoms with E-state index in [0.717, 1.165) is 25.7 Å². The summed E-state index contributed by atoms with van der Waals surface area (Å²) in [6.07, 6.45) is 9.61. The fourth-order valence-corrected chi connectivity index (χ4v) is 5.08. The number of hydrogen-bond acceptors (Lipinski definition) is 5. The van der Waals surface area contributed by atoms with E-state index in [-0.39, 0.29) is 74.2 Å². The average Bonchev–Trinajstić information content (AvgIpc) is 2.66. The van der Waals surface area contributed by atoms with Crippen molar-refractivity contribution in [3.8, 4) is 0 Å². The Morgan fingerprint density at radius 1 is 1.26 bits per heavy atom. The van der Waals surface area contributed by atoms with Crippen LogP contribution in [-0.2, 0) is 19.1 Å². The van der Waals surface area contributed by atoms with Crippen LogP contribution in [0.1, 0.15) is 73.1 Å². The van der Waals surface area contributed by atoms with E-state index in [1.54, 1.807) is 0 Å². The zero-order chi connectivity index (χ0) is 22.1. The van der Waals surface area contributed by atoms with E-state index < -0.39 is 11.5 Å². The molecular formula is C25H40CaO5. The minimum atomic E-state index is -0.601. The third-order valence-electron chi connectivity index (χ3n) is 7.35. The number of allylic oxidation sites excluding steroid dienone is 3. The van der Waals surface area contributed by atoms with Crippen LogP contribution in [0.5, 0.6) is 0 Å². The molecule has 1 aliphatic heterocycles. The van der Waals surface area contributed by atoms with E-state index in [0.29, 0.717) is 24.2 Å². The van der Waals surface area contributed by atoms with Crippen LogP contribution >= 0.6 is 0 Å². The van der Waals surface area contributed by atoms with E-state index in [2.05, 4.69) is 32.1 Å². The number of carbonyl (C=O) groups excluding carboxylic acids is 2. The molecule has 172 valence electrons. The Labute approximate surface area is 217 Å². The molecule has 0 bridgehead atoms. The van der Waals surface area contributed by atoms with E-state index in [4.69, 9.17) is 9.47 Å². The van der Waals surface area contributed by atoms with Crippen LogP contribution < -0.4 is 0 Å². The van der Waals surface area contributed by atoms with Gasteiger partial charge in [-0.15, -0.1) is 0 Å². The zero-order valence-electron chi connectivity index (χ0n) is 19.1. The molecule has 0 amide bonds. The normalized spacial score (nSPS) is 35.4. The summed E-state index contributed by atoms with van der Waals surface area (Å²) in [6, 6.07) is 0. The van der Waals surface area contributed by atoms with Gasteiger partial charge in [-0.25, -0.2) is 0 Å². The van der Waals surface area contributed by atoms with Gasteiger partial charge >= 0.3 is 49.7 Å². The first-order valence-electron chi connectivity index (χ1n) is 11.6. The first kappa shape index (κ1) is 26.9. The summed E-state index contributed by atoms with van der Waals surface area (Å²) < 4.78 is 11.6. The number of aliphatic hydroxyl groups excluding tert-OH is 1. The van der Waals surface area contributed by atoms with Gasteiger partial charge < -0.3 is 14.6 Å². The Bertz CT molecular complexity index is 713. The van der Waals surface area contributed by atoms with Gasteiger partial charge in [-0.2, -0.15) is 0 Å². The first-order chi connectivity index (χ1) is 14.1. The van der Waals surface area contributed by atoms with Gasteiger partial charge in [-0.05, 0) is 62.9 Å². The van der Waals surface area contributed by atoms with Gasteiger partial charge in [0.05, 0.1) is 17.9 Å². The Morgan fingerprint density at radius 3 is 2.61 bits per heavy atom. The molecule has 0 radical (unpaired) electrons. The number of carbonyl (C=O) groups is 2. The maximum atomic E-state index is 12.9. The number of rotatable bonds is 6. The second-order valence-electron chi connectivity index (χ2n) is 10.3. The number of hydrogen-bond donors (Lipinski definition) is 1. The first-order valence-corrected chi connectivity index (χ1v) is 11.6. The van der Waals surface area contributed by atoms with E-state index in [1.807, 2.05) is 20.8 Å². The Hall–Kier alpha value is -0.360. The van der Waals surface area contributed by atoms with Crippen molar-refractivity contribution in [3.63, 3.8) is 0 Å². The molecule has 1 saturated heterocycles. The molecule has 1 heterocycles. The van der Waals surface area contributed by atoms with Crippen molar-refractivity contribution in [1.29, 1.82) is 0 Å².